The van der Waals surface area contributed by atoms with Gasteiger partial charge >= 0.3 is 0 Å². The second-order valence-electron chi connectivity index (χ2n) is 2.86. The Morgan fingerprint density at radius 2 is 1.92 bits per heavy atom. The largest absolute Gasteiger partial charge is 0.207 e. The number of hydrogen-bond donors (Lipinski definition) is 0. The van der Waals surface area contributed by atoms with E-state index in [0.717, 1.165) is 12.2 Å². The van der Waals surface area contributed by atoms with Crippen LogP contribution in [0.2, 0.25) is 0 Å². The van der Waals surface area contributed by atoms with Gasteiger partial charge in [-0.3, -0.25) is 0 Å². The molecule has 0 heterocycles. The third kappa shape index (κ3) is 2.24. The molecule has 0 aliphatic carbocycles. The highest BCUT2D eigenvalue weighted by Gasteiger charge is 2.09. The fourth-order valence-corrected chi connectivity index (χ4v) is 1.76. The van der Waals surface area contributed by atoms with Crippen molar-refractivity contribution in [3.05, 3.63) is 35.6 Å². The molecular formula is C10H14FS+. The van der Waals surface area contributed by atoms with Crippen LogP contribution in [0.5, 0.6) is 0 Å². The smallest absolute Gasteiger partial charge is 0.123 e. The topological polar surface area (TPSA) is 0 Å². The van der Waals surface area contributed by atoms with E-state index in [9.17, 15) is 4.39 Å². The molecule has 0 fully saturated rings. The van der Waals surface area contributed by atoms with Gasteiger partial charge in [0.25, 0.3) is 0 Å². The van der Waals surface area contributed by atoms with Gasteiger partial charge in [0.05, 0.1) is 0 Å². The van der Waals surface area contributed by atoms with E-state index in [0.29, 0.717) is 5.92 Å². The molecule has 0 radical (unpaired) electrons. The second-order valence-corrected chi connectivity index (χ2v) is 3.27. The quantitative estimate of drug-likeness (QED) is 0.634. The van der Waals surface area contributed by atoms with Crippen molar-refractivity contribution in [2.24, 2.45) is 0 Å². The predicted octanol–water partition coefficient (Wildman–Crippen LogP) is 2.33. The van der Waals surface area contributed by atoms with Crippen molar-refractivity contribution < 1.29 is 4.39 Å². The number of halogens is 1. The van der Waals surface area contributed by atoms with Crippen molar-refractivity contribution in [1.29, 1.82) is 0 Å². The van der Waals surface area contributed by atoms with Crippen molar-refractivity contribution in [3.8, 4) is 0 Å². The van der Waals surface area contributed by atoms with E-state index >= 15 is 0 Å². The number of hydrogen-bond acceptors (Lipinski definition) is 0. The van der Waals surface area contributed by atoms with Gasteiger partial charge in [0.15, 0.2) is 0 Å². The summed E-state index contributed by atoms with van der Waals surface area (Å²) in [6.45, 7) is 2.13. The van der Waals surface area contributed by atoms with Gasteiger partial charge in [0, 0.05) is 5.92 Å². The molecule has 1 unspecified atom stereocenters. The summed E-state index contributed by atoms with van der Waals surface area (Å²) in [7, 11) is 0. The molecule has 1 rings (SSSR count). The fraction of sp³-hybridized carbons (Fsp3) is 0.400. The molecule has 1 aromatic carbocycles. The molecule has 1 aromatic rings. The average molecular weight is 185 g/mol. The van der Waals surface area contributed by atoms with Crippen molar-refractivity contribution in [3.63, 3.8) is 0 Å². The molecule has 66 valence electrons. The van der Waals surface area contributed by atoms with Crippen molar-refractivity contribution in [2.45, 2.75) is 19.3 Å². The first-order valence-corrected chi connectivity index (χ1v) is 4.88. The second kappa shape index (κ2) is 4.51. The van der Waals surface area contributed by atoms with Crippen LogP contribution in [0.25, 0.3) is 0 Å². The zero-order valence-electron chi connectivity index (χ0n) is 7.18. The molecule has 0 saturated carbocycles. The van der Waals surface area contributed by atoms with Gasteiger partial charge in [-0.2, -0.15) is 0 Å². The Labute approximate surface area is 78.2 Å². The van der Waals surface area contributed by atoms with E-state index < -0.39 is 0 Å². The maximum atomic E-state index is 12.5. The summed E-state index contributed by atoms with van der Waals surface area (Å²) in [5.41, 5.74) is 1.20. The van der Waals surface area contributed by atoms with Gasteiger partial charge in [-0.15, -0.1) is 0 Å². The van der Waals surface area contributed by atoms with E-state index in [1.807, 2.05) is 12.1 Å². The highest BCUT2D eigenvalue weighted by atomic mass is 32.1. The minimum absolute atomic E-state index is 0.164. The molecule has 0 aliphatic heterocycles. The third-order valence-corrected chi connectivity index (χ3v) is 2.57. The van der Waals surface area contributed by atoms with Crippen LogP contribution in [-0.4, -0.2) is 5.75 Å². The molecule has 0 aromatic heterocycles. The summed E-state index contributed by atoms with van der Waals surface area (Å²) in [5.74, 6) is 1.27. The monoisotopic (exact) mass is 185 g/mol. The molecule has 0 nitrogen and oxygen atoms in total. The number of rotatable bonds is 3. The molecule has 0 bridgehead atoms. The predicted molar refractivity (Wildman–Crippen MR) is 54.5 cm³/mol. The first-order chi connectivity index (χ1) is 5.77. The maximum absolute atomic E-state index is 12.5. The van der Waals surface area contributed by atoms with Crippen molar-refractivity contribution >= 4 is 12.6 Å². The van der Waals surface area contributed by atoms with E-state index in [-0.39, 0.29) is 5.82 Å². The molecule has 0 aliphatic rings. The Balaban J connectivity index is 2.80. The highest BCUT2D eigenvalue weighted by Crippen LogP contribution is 2.18. The van der Waals surface area contributed by atoms with Crippen LogP contribution >= 0.6 is 0 Å². The first kappa shape index (κ1) is 9.59. The van der Waals surface area contributed by atoms with Crippen LogP contribution in [0, 0.1) is 5.82 Å². The van der Waals surface area contributed by atoms with E-state index in [1.165, 1.54) is 17.7 Å². The zero-order chi connectivity index (χ0) is 8.97. The van der Waals surface area contributed by atoms with Crippen LogP contribution in [0.1, 0.15) is 24.8 Å². The normalized spacial score (nSPS) is 12.9. The Morgan fingerprint density at radius 1 is 1.33 bits per heavy atom. The number of benzene rings is 1. The summed E-state index contributed by atoms with van der Waals surface area (Å²) in [6, 6.07) is 6.73. The van der Waals surface area contributed by atoms with Crippen molar-refractivity contribution in [1.82, 2.24) is 0 Å². The molecular weight excluding hydrogens is 171 g/mol. The summed E-state index contributed by atoms with van der Waals surface area (Å²) in [6.07, 6.45) is 1.08. The Morgan fingerprint density at radius 3 is 2.33 bits per heavy atom. The van der Waals surface area contributed by atoms with Crippen molar-refractivity contribution in [2.75, 3.05) is 5.75 Å². The zero-order valence-corrected chi connectivity index (χ0v) is 8.18. The van der Waals surface area contributed by atoms with E-state index in [2.05, 4.69) is 19.6 Å². The Kier molecular flexibility index (Phi) is 3.60. The maximum Gasteiger partial charge on any atom is 0.123 e. The molecule has 0 saturated heterocycles. The van der Waals surface area contributed by atoms with Gasteiger partial charge in [-0.25, -0.2) is 4.39 Å². The van der Waals surface area contributed by atoms with Crippen LogP contribution in [0.4, 0.5) is 4.39 Å². The standard InChI is InChI=1S/C10H13FS/c1-2-8(7-12)9-3-5-10(11)6-4-9/h3-6,8,12H,2,7H2,1H3/p+1. The first-order valence-electron chi connectivity index (χ1n) is 4.18. The SMILES string of the molecule is CCC(C[SH2+])c1ccc(F)cc1. The van der Waals surface area contributed by atoms with Gasteiger partial charge in [0.1, 0.15) is 11.6 Å². The Bertz CT molecular complexity index is 226. The lowest BCUT2D eigenvalue weighted by molar-refractivity contribution is 0.625. The van der Waals surface area contributed by atoms with E-state index in [1.54, 1.807) is 0 Å². The molecule has 0 N–H and O–H groups in total. The highest BCUT2D eigenvalue weighted by molar-refractivity contribution is 7.58. The van der Waals surface area contributed by atoms with Crippen LogP contribution < -0.4 is 0 Å². The lowest BCUT2D eigenvalue weighted by Crippen LogP contribution is -2.00. The summed E-state index contributed by atoms with van der Waals surface area (Å²) in [4.78, 5) is 0. The van der Waals surface area contributed by atoms with Crippen LogP contribution in [0.15, 0.2) is 24.3 Å². The summed E-state index contributed by atoms with van der Waals surface area (Å²) < 4.78 is 12.5. The van der Waals surface area contributed by atoms with Gasteiger partial charge in [0.2, 0.25) is 0 Å². The lowest BCUT2D eigenvalue weighted by Gasteiger charge is -2.08. The fourth-order valence-electron chi connectivity index (χ4n) is 1.23. The lowest BCUT2D eigenvalue weighted by atomic mass is 9.99. The van der Waals surface area contributed by atoms with Gasteiger partial charge in [-0.1, -0.05) is 19.1 Å². The Hall–Kier alpha value is -0.500. The molecule has 2 heteroatoms. The summed E-state index contributed by atoms with van der Waals surface area (Å²) in [5, 5.41) is 0. The van der Waals surface area contributed by atoms with Crippen LogP contribution in [0.3, 0.4) is 0 Å². The van der Waals surface area contributed by atoms with Crippen LogP contribution in [-0.2, 0) is 12.6 Å². The molecule has 12 heavy (non-hydrogen) atoms. The van der Waals surface area contributed by atoms with Gasteiger partial charge in [-0.05, 0) is 36.7 Å². The van der Waals surface area contributed by atoms with Gasteiger partial charge < -0.3 is 0 Å². The third-order valence-electron chi connectivity index (χ3n) is 2.08. The summed E-state index contributed by atoms with van der Waals surface area (Å²) >= 11 is 3.48. The minimum Gasteiger partial charge on any atom is -0.207 e. The molecule has 0 spiro atoms. The van der Waals surface area contributed by atoms with E-state index in [4.69, 9.17) is 0 Å². The average Bonchev–Trinajstić information content (AvgIpc) is 2.10. The molecule has 1 atom stereocenters. The molecule has 0 amide bonds. The minimum atomic E-state index is -0.164.